The molecular weight excluding hydrogens is 290 g/mol. The highest BCUT2D eigenvalue weighted by Crippen LogP contribution is 2.22. The largest absolute Gasteiger partial charge is 0.486 e. The Morgan fingerprint density at radius 3 is 2.81 bits per heavy atom. The summed E-state index contributed by atoms with van der Waals surface area (Å²) in [6.07, 6.45) is 0. The highest BCUT2D eigenvalue weighted by Gasteiger charge is 2.17. The Bertz CT molecular complexity index is 628. The Morgan fingerprint density at radius 2 is 2.14 bits per heavy atom. The van der Waals surface area contributed by atoms with Crippen LogP contribution in [0.25, 0.3) is 0 Å². The van der Waals surface area contributed by atoms with E-state index < -0.39 is 0 Å². The summed E-state index contributed by atoms with van der Waals surface area (Å²) in [6, 6.07) is 7.73. The zero-order valence-corrected chi connectivity index (χ0v) is 12.7. The van der Waals surface area contributed by atoms with Gasteiger partial charge in [-0.15, -0.1) is 11.3 Å². The SMILES string of the molecule is COCc1nc(COc2ccccc2C)sc1C(=O)NN. The van der Waals surface area contributed by atoms with Crippen LogP contribution in [-0.4, -0.2) is 18.0 Å². The van der Waals surface area contributed by atoms with Crippen molar-refractivity contribution in [1.29, 1.82) is 0 Å². The van der Waals surface area contributed by atoms with Crippen molar-refractivity contribution in [2.75, 3.05) is 7.11 Å². The van der Waals surface area contributed by atoms with E-state index in [1.54, 1.807) is 7.11 Å². The number of aromatic nitrogens is 1. The molecule has 21 heavy (non-hydrogen) atoms. The summed E-state index contributed by atoms with van der Waals surface area (Å²) in [7, 11) is 1.55. The number of thiazole rings is 1. The molecule has 0 aliphatic heterocycles. The first-order chi connectivity index (χ1) is 10.2. The number of aryl methyl sites for hydroxylation is 1. The van der Waals surface area contributed by atoms with E-state index in [4.69, 9.17) is 15.3 Å². The van der Waals surface area contributed by atoms with Gasteiger partial charge in [-0.1, -0.05) is 18.2 Å². The van der Waals surface area contributed by atoms with Crippen molar-refractivity contribution in [3.05, 3.63) is 45.4 Å². The lowest BCUT2D eigenvalue weighted by molar-refractivity contribution is 0.0952. The maximum Gasteiger partial charge on any atom is 0.277 e. The molecule has 112 valence electrons. The Kier molecular flexibility index (Phi) is 5.26. The topological polar surface area (TPSA) is 86.5 Å². The van der Waals surface area contributed by atoms with Gasteiger partial charge in [0, 0.05) is 7.11 Å². The van der Waals surface area contributed by atoms with Crippen LogP contribution in [0.3, 0.4) is 0 Å². The van der Waals surface area contributed by atoms with Crippen LogP contribution in [-0.2, 0) is 18.0 Å². The Hall–Kier alpha value is -1.96. The summed E-state index contributed by atoms with van der Waals surface area (Å²) in [5.41, 5.74) is 3.72. The number of nitrogen functional groups attached to an aromatic ring is 1. The first kappa shape index (κ1) is 15.4. The number of amides is 1. The van der Waals surface area contributed by atoms with Crippen molar-refractivity contribution >= 4 is 17.2 Å². The van der Waals surface area contributed by atoms with E-state index in [2.05, 4.69) is 10.4 Å². The van der Waals surface area contributed by atoms with Crippen molar-refractivity contribution in [1.82, 2.24) is 10.4 Å². The number of benzene rings is 1. The second kappa shape index (κ2) is 7.16. The first-order valence-electron chi connectivity index (χ1n) is 6.32. The molecule has 0 bridgehead atoms. The number of ether oxygens (including phenoxy) is 2. The molecule has 0 radical (unpaired) electrons. The number of carbonyl (C=O) groups excluding carboxylic acids is 1. The fraction of sp³-hybridized carbons (Fsp3) is 0.286. The molecule has 7 heteroatoms. The molecule has 0 aliphatic carbocycles. The third kappa shape index (κ3) is 3.78. The third-order valence-electron chi connectivity index (χ3n) is 2.80. The van der Waals surface area contributed by atoms with E-state index in [1.165, 1.54) is 11.3 Å². The summed E-state index contributed by atoms with van der Waals surface area (Å²) in [5, 5.41) is 0.698. The standard InChI is InChI=1S/C14H17N3O3S/c1-9-5-3-4-6-11(9)20-8-12-16-10(7-19-2)13(21-12)14(18)17-15/h3-6H,7-8,15H2,1-2H3,(H,17,18). The van der Waals surface area contributed by atoms with Gasteiger partial charge in [0.2, 0.25) is 0 Å². The number of hydrogen-bond acceptors (Lipinski definition) is 6. The molecule has 0 unspecified atom stereocenters. The predicted molar refractivity (Wildman–Crippen MR) is 80.0 cm³/mol. The Balaban J connectivity index is 2.13. The number of nitrogens with one attached hydrogen (secondary N) is 1. The van der Waals surface area contributed by atoms with E-state index >= 15 is 0 Å². The van der Waals surface area contributed by atoms with Crippen LogP contribution in [0.15, 0.2) is 24.3 Å². The second-order valence-corrected chi connectivity index (χ2v) is 5.43. The highest BCUT2D eigenvalue weighted by atomic mass is 32.1. The molecule has 2 rings (SSSR count). The molecule has 1 aromatic heterocycles. The molecule has 0 atom stereocenters. The van der Waals surface area contributed by atoms with Gasteiger partial charge in [-0.05, 0) is 18.6 Å². The number of para-hydroxylation sites is 1. The summed E-state index contributed by atoms with van der Waals surface area (Å²) < 4.78 is 10.8. The monoisotopic (exact) mass is 307 g/mol. The van der Waals surface area contributed by atoms with E-state index in [-0.39, 0.29) is 12.5 Å². The molecule has 0 saturated heterocycles. The van der Waals surface area contributed by atoms with E-state index in [0.717, 1.165) is 11.3 Å². The van der Waals surface area contributed by atoms with Crippen molar-refractivity contribution in [2.24, 2.45) is 5.84 Å². The normalized spacial score (nSPS) is 10.4. The molecule has 1 aromatic carbocycles. The highest BCUT2D eigenvalue weighted by molar-refractivity contribution is 7.13. The van der Waals surface area contributed by atoms with Gasteiger partial charge < -0.3 is 9.47 Å². The average molecular weight is 307 g/mol. The van der Waals surface area contributed by atoms with Crippen molar-refractivity contribution in [2.45, 2.75) is 20.1 Å². The third-order valence-corrected chi connectivity index (χ3v) is 3.87. The quantitative estimate of drug-likeness (QED) is 0.482. The minimum atomic E-state index is -0.373. The smallest absolute Gasteiger partial charge is 0.277 e. The number of nitrogens with zero attached hydrogens (tertiary/aromatic N) is 1. The number of hydrogen-bond donors (Lipinski definition) is 2. The van der Waals surface area contributed by atoms with Crippen LogP contribution in [0.2, 0.25) is 0 Å². The molecule has 0 fully saturated rings. The van der Waals surface area contributed by atoms with Crippen LogP contribution in [0.4, 0.5) is 0 Å². The molecule has 3 N–H and O–H groups in total. The second-order valence-electron chi connectivity index (χ2n) is 4.34. The maximum absolute atomic E-state index is 11.7. The van der Waals surface area contributed by atoms with E-state index in [9.17, 15) is 4.79 Å². The zero-order chi connectivity index (χ0) is 15.2. The van der Waals surface area contributed by atoms with Crippen molar-refractivity contribution in [3.8, 4) is 5.75 Å². The molecule has 0 saturated carbocycles. The van der Waals surface area contributed by atoms with Crippen molar-refractivity contribution < 1.29 is 14.3 Å². The molecule has 0 aliphatic rings. The van der Waals surface area contributed by atoms with Crippen LogP contribution >= 0.6 is 11.3 Å². The Labute approximate surface area is 126 Å². The summed E-state index contributed by atoms with van der Waals surface area (Å²) >= 11 is 1.25. The van der Waals surface area contributed by atoms with Gasteiger partial charge in [-0.3, -0.25) is 10.2 Å². The molecule has 1 heterocycles. The number of rotatable bonds is 6. The summed E-state index contributed by atoms with van der Waals surface area (Å²) in [5.74, 6) is 5.59. The van der Waals surface area contributed by atoms with Gasteiger partial charge in [0.1, 0.15) is 22.2 Å². The lowest BCUT2D eigenvalue weighted by Crippen LogP contribution is -2.30. The van der Waals surface area contributed by atoms with Crippen molar-refractivity contribution in [3.63, 3.8) is 0 Å². The lowest BCUT2D eigenvalue weighted by atomic mass is 10.2. The van der Waals surface area contributed by atoms with Gasteiger partial charge in [0.05, 0.1) is 12.3 Å². The number of nitrogens with two attached hydrogens (primary N) is 1. The van der Waals surface area contributed by atoms with Gasteiger partial charge in [-0.25, -0.2) is 10.8 Å². The molecule has 1 amide bonds. The number of carbonyl (C=O) groups is 1. The van der Waals surface area contributed by atoms with Gasteiger partial charge in [-0.2, -0.15) is 0 Å². The van der Waals surface area contributed by atoms with E-state index in [0.29, 0.717) is 22.2 Å². The van der Waals surface area contributed by atoms with Crippen LogP contribution in [0.5, 0.6) is 5.75 Å². The first-order valence-corrected chi connectivity index (χ1v) is 7.14. The summed E-state index contributed by atoms with van der Waals surface area (Å²) in [6.45, 7) is 2.52. The van der Waals surface area contributed by atoms with Crippen LogP contribution in [0, 0.1) is 6.92 Å². The van der Waals surface area contributed by atoms with Gasteiger partial charge in [0.15, 0.2) is 0 Å². The average Bonchev–Trinajstić information content (AvgIpc) is 2.89. The minimum Gasteiger partial charge on any atom is -0.486 e. The molecule has 0 spiro atoms. The van der Waals surface area contributed by atoms with Crippen LogP contribution in [0.1, 0.15) is 25.9 Å². The molecule has 6 nitrogen and oxygen atoms in total. The lowest BCUT2D eigenvalue weighted by Gasteiger charge is -2.06. The fourth-order valence-corrected chi connectivity index (χ4v) is 2.68. The summed E-state index contributed by atoms with van der Waals surface area (Å²) in [4.78, 5) is 16.5. The van der Waals surface area contributed by atoms with Crippen LogP contribution < -0.4 is 16.0 Å². The molecule has 2 aromatic rings. The Morgan fingerprint density at radius 1 is 1.38 bits per heavy atom. The molecular formula is C14H17N3O3S. The zero-order valence-electron chi connectivity index (χ0n) is 11.9. The van der Waals surface area contributed by atoms with Gasteiger partial charge >= 0.3 is 0 Å². The van der Waals surface area contributed by atoms with Gasteiger partial charge in [0.25, 0.3) is 5.91 Å². The minimum absolute atomic E-state index is 0.254. The number of methoxy groups -OCH3 is 1. The predicted octanol–water partition coefficient (Wildman–Crippen LogP) is 1.78. The van der Waals surface area contributed by atoms with E-state index in [1.807, 2.05) is 31.2 Å². The number of hydrazine groups is 1. The maximum atomic E-state index is 11.7. The fourth-order valence-electron chi connectivity index (χ4n) is 1.80.